The zero-order valence-electron chi connectivity index (χ0n) is 8.45. The van der Waals surface area contributed by atoms with Gasteiger partial charge >= 0.3 is 0 Å². The molecule has 0 aliphatic heterocycles. The highest BCUT2D eigenvalue weighted by molar-refractivity contribution is 5.84. The minimum Gasteiger partial charge on any atom is -0.496 e. The summed E-state index contributed by atoms with van der Waals surface area (Å²) in [4.78, 5) is 4.00. The fourth-order valence-electron chi connectivity index (χ4n) is 1.22. The smallest absolute Gasteiger partial charge is 0.122 e. The number of benzene rings is 1. The number of methoxy groups -OCH3 is 1. The van der Waals surface area contributed by atoms with Gasteiger partial charge < -0.3 is 10.2 Å². The normalized spacial score (nSPS) is 11.2. The van der Waals surface area contributed by atoms with Crippen molar-refractivity contribution < 1.29 is 4.74 Å². The number of nitrogens with two attached hydrogens (primary N) is 1. The molecule has 0 aliphatic rings. The number of amidine groups is 1. The first-order valence-corrected chi connectivity index (χ1v) is 4.36. The molecule has 1 aromatic carbocycles. The third-order valence-electron chi connectivity index (χ3n) is 1.99. The summed E-state index contributed by atoms with van der Waals surface area (Å²) < 4.78 is 5.21. The highest BCUT2D eigenvalue weighted by Crippen LogP contribution is 2.17. The molecule has 0 heterocycles. The highest BCUT2D eigenvalue weighted by atomic mass is 16.5. The Bertz CT molecular complexity index is 323. The van der Waals surface area contributed by atoms with Crippen LogP contribution in [0.5, 0.6) is 5.75 Å². The van der Waals surface area contributed by atoms with E-state index in [0.717, 1.165) is 17.1 Å². The largest absolute Gasteiger partial charge is 0.496 e. The summed E-state index contributed by atoms with van der Waals surface area (Å²) in [5, 5.41) is 0. The second-order valence-electron chi connectivity index (χ2n) is 2.80. The fourth-order valence-corrected chi connectivity index (χ4v) is 1.22. The average molecular weight is 193 g/mol. The molecule has 0 saturated carbocycles. The number of nitrogens with zero attached hydrogens (tertiary/aromatic N) is 1. The first kappa shape index (κ1) is 10.5. The van der Waals surface area contributed by atoms with Crippen LogP contribution in [0.2, 0.25) is 0 Å². The van der Waals surface area contributed by atoms with Gasteiger partial charge in [0.1, 0.15) is 11.6 Å². The van der Waals surface area contributed by atoms with Gasteiger partial charge in [0.2, 0.25) is 0 Å². The Labute approximate surface area is 83.8 Å². The lowest BCUT2D eigenvalue weighted by Gasteiger charge is -2.08. The quantitative estimate of drug-likeness (QED) is 0.322. The van der Waals surface area contributed by atoms with Crippen LogP contribution in [0.3, 0.4) is 0 Å². The van der Waals surface area contributed by atoms with Gasteiger partial charge in [-0.3, -0.25) is 4.99 Å². The standard InChI is InChI=1S/C10H15N3O/c1-12-10(13-11)7-8-5-3-4-6-9(8)14-2/h3-6H,7,11H2,1-2H3,(H,12,13). The lowest BCUT2D eigenvalue weighted by atomic mass is 10.1. The molecule has 14 heavy (non-hydrogen) atoms. The molecule has 0 atom stereocenters. The second-order valence-corrected chi connectivity index (χ2v) is 2.80. The van der Waals surface area contributed by atoms with Crippen molar-refractivity contribution in [3.05, 3.63) is 29.8 Å². The lowest BCUT2D eigenvalue weighted by Crippen LogP contribution is -2.31. The molecule has 0 bridgehead atoms. The number of para-hydroxylation sites is 1. The van der Waals surface area contributed by atoms with Gasteiger partial charge in [-0.1, -0.05) is 18.2 Å². The zero-order valence-corrected chi connectivity index (χ0v) is 8.45. The van der Waals surface area contributed by atoms with Crippen LogP contribution in [-0.4, -0.2) is 20.0 Å². The van der Waals surface area contributed by atoms with Gasteiger partial charge in [-0.2, -0.15) is 0 Å². The van der Waals surface area contributed by atoms with E-state index in [2.05, 4.69) is 10.4 Å². The van der Waals surface area contributed by atoms with Gasteiger partial charge in [-0.25, -0.2) is 5.84 Å². The van der Waals surface area contributed by atoms with Gasteiger partial charge in [0.05, 0.1) is 7.11 Å². The van der Waals surface area contributed by atoms with Crippen LogP contribution in [0.4, 0.5) is 0 Å². The number of hydrogen-bond acceptors (Lipinski definition) is 3. The van der Waals surface area contributed by atoms with E-state index in [1.165, 1.54) is 0 Å². The fraction of sp³-hybridized carbons (Fsp3) is 0.300. The third kappa shape index (κ3) is 2.47. The number of nitrogens with one attached hydrogen (secondary N) is 1. The van der Waals surface area contributed by atoms with Crippen molar-refractivity contribution in [1.29, 1.82) is 0 Å². The van der Waals surface area contributed by atoms with Crippen LogP contribution in [-0.2, 0) is 6.42 Å². The van der Waals surface area contributed by atoms with Gasteiger partial charge in [-0.05, 0) is 6.07 Å². The predicted octanol–water partition coefficient (Wildman–Crippen LogP) is 0.729. The molecule has 0 aromatic heterocycles. The Morgan fingerprint density at radius 3 is 2.79 bits per heavy atom. The molecule has 76 valence electrons. The van der Waals surface area contributed by atoms with Crippen LogP contribution < -0.4 is 16.0 Å². The highest BCUT2D eigenvalue weighted by Gasteiger charge is 2.04. The molecule has 0 amide bonds. The molecule has 4 heteroatoms. The Kier molecular flexibility index (Phi) is 3.94. The summed E-state index contributed by atoms with van der Waals surface area (Å²) in [7, 11) is 3.35. The molecule has 3 N–H and O–H groups in total. The van der Waals surface area contributed by atoms with Crippen LogP contribution >= 0.6 is 0 Å². The van der Waals surface area contributed by atoms with Crippen molar-refractivity contribution in [3.8, 4) is 5.75 Å². The number of hydrogen-bond donors (Lipinski definition) is 2. The number of aliphatic imine (C=N–C) groups is 1. The predicted molar refractivity (Wildman–Crippen MR) is 57.4 cm³/mol. The zero-order chi connectivity index (χ0) is 10.4. The molecular weight excluding hydrogens is 178 g/mol. The van der Waals surface area contributed by atoms with Crippen molar-refractivity contribution in [3.63, 3.8) is 0 Å². The summed E-state index contributed by atoms with van der Waals surface area (Å²) in [6.07, 6.45) is 0.650. The Balaban J connectivity index is 2.85. The van der Waals surface area contributed by atoms with E-state index >= 15 is 0 Å². The molecule has 0 unspecified atom stereocenters. The number of rotatable bonds is 3. The summed E-state index contributed by atoms with van der Waals surface area (Å²) in [6, 6.07) is 7.79. The number of hydrazine groups is 1. The van der Waals surface area contributed by atoms with Gasteiger partial charge in [0.15, 0.2) is 0 Å². The van der Waals surface area contributed by atoms with Gasteiger partial charge in [-0.15, -0.1) is 0 Å². The van der Waals surface area contributed by atoms with Crippen LogP contribution in [0.15, 0.2) is 29.3 Å². The van der Waals surface area contributed by atoms with E-state index in [9.17, 15) is 0 Å². The lowest BCUT2D eigenvalue weighted by molar-refractivity contribution is 0.411. The van der Waals surface area contributed by atoms with Crippen LogP contribution in [0.25, 0.3) is 0 Å². The number of ether oxygens (including phenoxy) is 1. The minimum absolute atomic E-state index is 0.650. The van der Waals surface area contributed by atoms with E-state index in [-0.39, 0.29) is 0 Å². The maximum Gasteiger partial charge on any atom is 0.122 e. The first-order chi connectivity index (χ1) is 6.81. The molecule has 0 radical (unpaired) electrons. The summed E-state index contributed by atoms with van der Waals surface area (Å²) >= 11 is 0. The van der Waals surface area contributed by atoms with E-state index < -0.39 is 0 Å². The minimum atomic E-state index is 0.650. The topological polar surface area (TPSA) is 59.6 Å². The molecule has 0 aliphatic carbocycles. The van der Waals surface area contributed by atoms with E-state index in [4.69, 9.17) is 10.6 Å². The second kappa shape index (κ2) is 5.24. The molecular formula is C10H15N3O. The molecule has 0 spiro atoms. The van der Waals surface area contributed by atoms with Crippen molar-refractivity contribution in [1.82, 2.24) is 5.43 Å². The SMILES string of the molecule is CN=C(Cc1ccccc1OC)NN. The Hall–Kier alpha value is -1.55. The molecule has 0 fully saturated rings. The van der Waals surface area contributed by atoms with Crippen LogP contribution in [0.1, 0.15) is 5.56 Å². The molecule has 1 rings (SSSR count). The maximum absolute atomic E-state index is 5.30. The van der Waals surface area contributed by atoms with Gasteiger partial charge in [0, 0.05) is 19.0 Å². The average Bonchev–Trinajstić information content (AvgIpc) is 2.26. The third-order valence-corrected chi connectivity index (χ3v) is 1.99. The van der Waals surface area contributed by atoms with Gasteiger partial charge in [0.25, 0.3) is 0 Å². The maximum atomic E-state index is 5.30. The molecule has 1 aromatic rings. The van der Waals surface area contributed by atoms with Crippen molar-refractivity contribution in [2.24, 2.45) is 10.8 Å². The summed E-state index contributed by atoms with van der Waals surface area (Å²) in [5.74, 6) is 6.88. The Morgan fingerprint density at radius 2 is 2.21 bits per heavy atom. The van der Waals surface area contributed by atoms with Crippen LogP contribution in [0, 0.1) is 0 Å². The summed E-state index contributed by atoms with van der Waals surface area (Å²) in [5.41, 5.74) is 3.61. The first-order valence-electron chi connectivity index (χ1n) is 4.36. The molecule has 4 nitrogen and oxygen atoms in total. The molecule has 0 saturated heterocycles. The Morgan fingerprint density at radius 1 is 1.50 bits per heavy atom. The van der Waals surface area contributed by atoms with Crippen molar-refractivity contribution >= 4 is 5.84 Å². The van der Waals surface area contributed by atoms with Crippen molar-refractivity contribution in [2.45, 2.75) is 6.42 Å². The van der Waals surface area contributed by atoms with E-state index in [0.29, 0.717) is 6.42 Å². The monoisotopic (exact) mass is 193 g/mol. The van der Waals surface area contributed by atoms with E-state index in [1.807, 2.05) is 24.3 Å². The van der Waals surface area contributed by atoms with Crippen molar-refractivity contribution in [2.75, 3.05) is 14.2 Å². The summed E-state index contributed by atoms with van der Waals surface area (Å²) in [6.45, 7) is 0. The van der Waals surface area contributed by atoms with E-state index in [1.54, 1.807) is 14.2 Å².